The zero-order chi connectivity index (χ0) is 11.2. The summed E-state index contributed by atoms with van der Waals surface area (Å²) in [6.45, 7) is 3.84. The maximum absolute atomic E-state index is 5.20. The molecule has 0 atom stereocenters. The van der Waals surface area contributed by atoms with Crippen molar-refractivity contribution < 1.29 is 23.9 Å². The number of hydrogen-bond donors (Lipinski definition) is 2. The highest BCUT2D eigenvalue weighted by atomic mass is 16.6. The van der Waals surface area contributed by atoms with E-state index in [2.05, 4.69) is 9.68 Å². The lowest BCUT2D eigenvalue weighted by atomic mass is 10.7. The minimum atomic E-state index is 0.391. The van der Waals surface area contributed by atoms with E-state index < -0.39 is 0 Å². The van der Waals surface area contributed by atoms with E-state index in [9.17, 15) is 0 Å². The highest BCUT2D eigenvalue weighted by Crippen LogP contribution is 1.81. The van der Waals surface area contributed by atoms with E-state index >= 15 is 0 Å². The first kappa shape index (κ1) is 14.7. The molecule has 0 heterocycles. The normalized spacial score (nSPS) is 10.8. The Morgan fingerprint density at radius 3 is 1.00 bits per heavy atom. The molecule has 0 aliphatic heterocycles. The molecule has 7 nitrogen and oxygen atoms in total. The van der Waals surface area contributed by atoms with Crippen LogP contribution in [0.4, 0.5) is 0 Å². The maximum atomic E-state index is 5.20. The van der Waals surface area contributed by atoms with Crippen molar-refractivity contribution in [1.29, 1.82) is 0 Å². The fraction of sp³-hybridized carbons (Fsp3) is 1.00. The molecule has 0 aliphatic rings. The van der Waals surface area contributed by atoms with Crippen LogP contribution < -0.4 is 11.8 Å². The Hall–Kier alpha value is -0.280. The lowest BCUT2D eigenvalue weighted by Crippen LogP contribution is -2.14. The van der Waals surface area contributed by atoms with Crippen LogP contribution in [0.1, 0.15) is 0 Å². The fourth-order valence-electron chi connectivity index (χ4n) is 0.756. The zero-order valence-corrected chi connectivity index (χ0v) is 8.85. The third kappa shape index (κ3) is 13.7. The molecule has 0 fully saturated rings. The van der Waals surface area contributed by atoms with Gasteiger partial charge in [0.15, 0.2) is 0 Å². The van der Waals surface area contributed by atoms with Crippen molar-refractivity contribution in [3.05, 3.63) is 0 Å². The van der Waals surface area contributed by atoms with Gasteiger partial charge in [-0.2, -0.15) is 0 Å². The Kier molecular flexibility index (Phi) is 13.5. The van der Waals surface area contributed by atoms with Crippen LogP contribution in [0.2, 0.25) is 0 Å². The van der Waals surface area contributed by atoms with E-state index in [4.69, 9.17) is 26.0 Å². The topological polar surface area (TPSA) is 98.2 Å². The van der Waals surface area contributed by atoms with Crippen molar-refractivity contribution in [2.45, 2.75) is 0 Å². The van der Waals surface area contributed by atoms with Gasteiger partial charge in [0, 0.05) is 0 Å². The second-order valence-corrected chi connectivity index (χ2v) is 2.58. The van der Waals surface area contributed by atoms with Crippen LogP contribution in [-0.4, -0.2) is 52.9 Å². The minimum Gasteiger partial charge on any atom is -0.377 e. The summed E-state index contributed by atoms with van der Waals surface area (Å²) < 4.78 is 15.4. The zero-order valence-electron chi connectivity index (χ0n) is 8.85. The van der Waals surface area contributed by atoms with Gasteiger partial charge in [0.1, 0.15) is 0 Å². The summed E-state index contributed by atoms with van der Waals surface area (Å²) in [5.41, 5.74) is 0. The van der Waals surface area contributed by atoms with Crippen LogP contribution in [0.5, 0.6) is 0 Å². The second-order valence-electron chi connectivity index (χ2n) is 2.58. The van der Waals surface area contributed by atoms with Crippen molar-refractivity contribution in [2.75, 3.05) is 52.9 Å². The molecule has 0 aliphatic carbocycles. The summed E-state index contributed by atoms with van der Waals surface area (Å²) in [4.78, 5) is 8.63. The molecule has 0 unspecified atom stereocenters. The van der Waals surface area contributed by atoms with E-state index in [-0.39, 0.29) is 0 Å². The third-order valence-corrected chi connectivity index (χ3v) is 1.44. The molecular weight excluding hydrogens is 204 g/mol. The number of hydrogen-bond acceptors (Lipinski definition) is 7. The molecule has 0 aromatic rings. The molecule has 0 aromatic heterocycles. The SMILES string of the molecule is NOCCOCCOCCOCCON. The van der Waals surface area contributed by atoms with Gasteiger partial charge in [-0.3, -0.25) is 0 Å². The molecule has 0 rings (SSSR count). The third-order valence-electron chi connectivity index (χ3n) is 1.44. The van der Waals surface area contributed by atoms with Crippen molar-refractivity contribution >= 4 is 0 Å². The first-order valence-electron chi connectivity index (χ1n) is 4.78. The Morgan fingerprint density at radius 1 is 0.467 bits per heavy atom. The Balaban J connectivity index is 2.81. The first-order chi connectivity index (χ1) is 7.41. The summed E-state index contributed by atoms with van der Waals surface area (Å²) >= 11 is 0. The second kappa shape index (κ2) is 13.7. The largest absolute Gasteiger partial charge is 0.377 e. The van der Waals surface area contributed by atoms with Crippen molar-refractivity contribution in [2.24, 2.45) is 11.8 Å². The van der Waals surface area contributed by atoms with Crippen LogP contribution in [0.3, 0.4) is 0 Å². The van der Waals surface area contributed by atoms with E-state index in [1.807, 2.05) is 0 Å². The highest BCUT2D eigenvalue weighted by molar-refractivity contribution is 4.33. The predicted molar refractivity (Wildman–Crippen MR) is 52.7 cm³/mol. The molecular formula is C8H20N2O5. The summed E-state index contributed by atoms with van der Waals surface area (Å²) in [6.07, 6.45) is 0. The minimum absolute atomic E-state index is 0.391. The van der Waals surface area contributed by atoms with Crippen LogP contribution in [0.25, 0.3) is 0 Å². The highest BCUT2D eigenvalue weighted by Gasteiger charge is 1.91. The van der Waals surface area contributed by atoms with E-state index in [1.54, 1.807) is 0 Å². The van der Waals surface area contributed by atoms with Gasteiger partial charge in [0.2, 0.25) is 0 Å². The molecule has 0 amide bonds. The van der Waals surface area contributed by atoms with Crippen LogP contribution in [-0.2, 0) is 23.9 Å². The first-order valence-corrected chi connectivity index (χ1v) is 4.78. The van der Waals surface area contributed by atoms with Gasteiger partial charge < -0.3 is 23.9 Å². The summed E-state index contributed by atoms with van der Waals surface area (Å²) in [5.74, 6) is 9.60. The van der Waals surface area contributed by atoms with Crippen molar-refractivity contribution in [1.82, 2.24) is 0 Å². The maximum Gasteiger partial charge on any atom is 0.0913 e. The molecule has 92 valence electrons. The quantitative estimate of drug-likeness (QED) is 0.318. The Labute approximate surface area is 89.4 Å². The van der Waals surface area contributed by atoms with Gasteiger partial charge in [-0.15, -0.1) is 0 Å². The standard InChI is InChI=1S/C8H20N2O5/c9-14-7-5-12-3-1-11-2-4-13-6-8-15-10/h1-10H2. The lowest BCUT2D eigenvalue weighted by Gasteiger charge is -2.05. The number of ether oxygens (including phenoxy) is 3. The predicted octanol–water partition coefficient (Wildman–Crippen LogP) is -1.18. The van der Waals surface area contributed by atoms with Crippen LogP contribution >= 0.6 is 0 Å². The van der Waals surface area contributed by atoms with Crippen LogP contribution in [0.15, 0.2) is 0 Å². The lowest BCUT2D eigenvalue weighted by molar-refractivity contribution is -0.0113. The molecule has 0 radical (unpaired) electrons. The van der Waals surface area contributed by atoms with Gasteiger partial charge in [0.25, 0.3) is 0 Å². The van der Waals surface area contributed by atoms with Gasteiger partial charge in [-0.05, 0) is 0 Å². The number of rotatable bonds is 12. The van der Waals surface area contributed by atoms with Crippen molar-refractivity contribution in [3.63, 3.8) is 0 Å². The molecule has 0 saturated heterocycles. The molecule has 0 aromatic carbocycles. The average molecular weight is 224 g/mol. The van der Waals surface area contributed by atoms with Gasteiger partial charge in [0.05, 0.1) is 52.9 Å². The smallest absolute Gasteiger partial charge is 0.0913 e. The molecule has 7 heteroatoms. The monoisotopic (exact) mass is 224 g/mol. The van der Waals surface area contributed by atoms with E-state index in [1.165, 1.54) is 0 Å². The van der Waals surface area contributed by atoms with Gasteiger partial charge in [-0.25, -0.2) is 11.8 Å². The van der Waals surface area contributed by atoms with Gasteiger partial charge >= 0.3 is 0 Å². The van der Waals surface area contributed by atoms with Crippen molar-refractivity contribution in [3.8, 4) is 0 Å². The molecule has 4 N–H and O–H groups in total. The van der Waals surface area contributed by atoms with Crippen LogP contribution in [0, 0.1) is 0 Å². The Morgan fingerprint density at radius 2 is 0.733 bits per heavy atom. The average Bonchev–Trinajstić information content (AvgIpc) is 2.26. The van der Waals surface area contributed by atoms with E-state index in [0.717, 1.165) is 0 Å². The molecule has 0 bridgehead atoms. The fourth-order valence-corrected chi connectivity index (χ4v) is 0.756. The van der Waals surface area contributed by atoms with E-state index in [0.29, 0.717) is 52.9 Å². The molecule has 15 heavy (non-hydrogen) atoms. The van der Waals surface area contributed by atoms with Gasteiger partial charge in [-0.1, -0.05) is 0 Å². The molecule has 0 spiro atoms. The Bertz CT molecular complexity index is 105. The summed E-state index contributed by atoms with van der Waals surface area (Å²) in [6, 6.07) is 0. The number of nitrogens with two attached hydrogens (primary N) is 2. The summed E-state index contributed by atoms with van der Waals surface area (Å²) in [5, 5.41) is 0. The molecule has 0 saturated carbocycles. The summed E-state index contributed by atoms with van der Waals surface area (Å²) in [7, 11) is 0.